The van der Waals surface area contributed by atoms with Gasteiger partial charge in [-0.1, -0.05) is 19.0 Å². The van der Waals surface area contributed by atoms with Gasteiger partial charge in [-0.05, 0) is 24.8 Å². The minimum atomic E-state index is 0.235. The maximum Gasteiger partial charge on any atom is 0.229 e. The fourth-order valence-electron chi connectivity index (χ4n) is 2.56. The van der Waals surface area contributed by atoms with Gasteiger partial charge in [0.2, 0.25) is 5.89 Å². The van der Waals surface area contributed by atoms with Crippen molar-refractivity contribution in [1.29, 1.82) is 0 Å². The zero-order valence-electron chi connectivity index (χ0n) is 11.9. The lowest BCUT2D eigenvalue weighted by atomic mass is 10.1. The minimum Gasteiger partial charge on any atom is -0.346 e. The third kappa shape index (κ3) is 2.53. The lowest BCUT2D eigenvalue weighted by Crippen LogP contribution is -2.00. The molecule has 0 N–H and O–H groups in total. The zero-order valence-corrected chi connectivity index (χ0v) is 11.9. The largest absolute Gasteiger partial charge is 0.346 e. The van der Waals surface area contributed by atoms with Gasteiger partial charge in [0.25, 0.3) is 0 Å². The maximum atomic E-state index is 12.0. The quantitative estimate of drug-likeness (QED) is 0.807. The molecule has 2 aromatic rings. The topological polar surface area (TPSA) is 60.9 Å². The molecule has 5 nitrogen and oxygen atoms in total. The molecule has 1 aliphatic carbocycles. The number of nitrogens with zero attached hydrogens (tertiary/aromatic N) is 3. The number of Topliss-reactive ketones (excluding diaryl/α,β-unsaturated/α-hetero) is 1. The van der Waals surface area contributed by atoms with E-state index in [1.807, 2.05) is 30.8 Å². The molecule has 0 fully saturated rings. The van der Waals surface area contributed by atoms with Gasteiger partial charge in [0.1, 0.15) is 0 Å². The fourth-order valence-corrected chi connectivity index (χ4v) is 2.56. The molecule has 5 heteroatoms. The zero-order chi connectivity index (χ0) is 14.1. The maximum absolute atomic E-state index is 12.0. The summed E-state index contributed by atoms with van der Waals surface area (Å²) in [5.74, 6) is 1.81. The summed E-state index contributed by atoms with van der Waals surface area (Å²) in [6.45, 7) is 4.60. The lowest BCUT2D eigenvalue weighted by molar-refractivity contribution is 0.0982. The molecule has 0 atom stereocenters. The molecule has 0 spiro atoms. The van der Waals surface area contributed by atoms with Crippen molar-refractivity contribution >= 4 is 5.78 Å². The van der Waals surface area contributed by atoms with Crippen LogP contribution < -0.4 is 0 Å². The second-order valence-electron chi connectivity index (χ2n) is 5.70. The summed E-state index contributed by atoms with van der Waals surface area (Å²) >= 11 is 0. The molecule has 3 rings (SSSR count). The standard InChI is InChI=1S/C15H19N3O2/c1-10(2)15-16-14(17-20-15)9-18-7-11-5-3-4-6-13(19)12(11)8-18/h7-8,10H,3-6,9H2,1-2H3. The van der Waals surface area contributed by atoms with E-state index in [1.54, 1.807) is 0 Å². The number of hydrogen-bond acceptors (Lipinski definition) is 4. The molecule has 0 aliphatic heterocycles. The van der Waals surface area contributed by atoms with Gasteiger partial charge in [-0.3, -0.25) is 4.79 Å². The first-order valence-electron chi connectivity index (χ1n) is 7.18. The van der Waals surface area contributed by atoms with Crippen molar-refractivity contribution in [1.82, 2.24) is 14.7 Å². The van der Waals surface area contributed by atoms with E-state index < -0.39 is 0 Å². The van der Waals surface area contributed by atoms with Crippen LogP contribution in [0.1, 0.15) is 66.7 Å². The molecule has 1 aliphatic rings. The van der Waals surface area contributed by atoms with Crippen LogP contribution in [-0.4, -0.2) is 20.5 Å². The number of rotatable bonds is 3. The van der Waals surface area contributed by atoms with Gasteiger partial charge < -0.3 is 9.09 Å². The van der Waals surface area contributed by atoms with Gasteiger partial charge in [-0.25, -0.2) is 0 Å². The van der Waals surface area contributed by atoms with Crippen LogP contribution in [0, 0.1) is 0 Å². The molecule has 0 saturated carbocycles. The highest BCUT2D eigenvalue weighted by Gasteiger charge is 2.18. The monoisotopic (exact) mass is 273 g/mol. The van der Waals surface area contributed by atoms with E-state index in [2.05, 4.69) is 10.1 Å². The van der Waals surface area contributed by atoms with Crippen molar-refractivity contribution in [2.24, 2.45) is 0 Å². The normalized spacial score (nSPS) is 15.4. The van der Waals surface area contributed by atoms with E-state index >= 15 is 0 Å². The molecule has 0 radical (unpaired) electrons. The average Bonchev–Trinajstić information content (AvgIpc) is 2.99. The summed E-state index contributed by atoms with van der Waals surface area (Å²) in [7, 11) is 0. The second kappa shape index (κ2) is 5.23. The van der Waals surface area contributed by atoms with Gasteiger partial charge in [0.05, 0.1) is 6.54 Å². The number of carbonyl (C=O) groups is 1. The molecule has 2 aromatic heterocycles. The summed E-state index contributed by atoms with van der Waals surface area (Å²) in [6.07, 6.45) is 7.70. The van der Waals surface area contributed by atoms with Gasteiger partial charge in [-0.15, -0.1) is 0 Å². The first-order valence-corrected chi connectivity index (χ1v) is 7.18. The minimum absolute atomic E-state index is 0.235. The number of ketones is 1. The number of hydrogen-bond donors (Lipinski definition) is 0. The van der Waals surface area contributed by atoms with E-state index in [0.717, 1.165) is 30.4 Å². The van der Waals surface area contributed by atoms with Crippen LogP contribution >= 0.6 is 0 Å². The van der Waals surface area contributed by atoms with Crippen molar-refractivity contribution in [2.45, 2.75) is 52.0 Å². The predicted octanol–water partition coefficient (Wildman–Crippen LogP) is 2.95. The Hall–Kier alpha value is -1.91. The SMILES string of the molecule is CC(C)c1nc(Cn2cc3c(c2)C(=O)CCCC3)no1. The Morgan fingerprint density at radius 3 is 2.85 bits per heavy atom. The number of aromatic nitrogens is 3. The second-order valence-corrected chi connectivity index (χ2v) is 5.70. The highest BCUT2D eigenvalue weighted by molar-refractivity contribution is 5.97. The Morgan fingerprint density at radius 1 is 1.30 bits per heavy atom. The third-order valence-electron chi connectivity index (χ3n) is 3.66. The smallest absolute Gasteiger partial charge is 0.229 e. The van der Waals surface area contributed by atoms with Crippen LogP contribution in [-0.2, 0) is 13.0 Å². The molecule has 0 unspecified atom stereocenters. The molecule has 0 aromatic carbocycles. The Labute approximate surface area is 118 Å². The molecule has 0 saturated heterocycles. The van der Waals surface area contributed by atoms with Crippen molar-refractivity contribution in [3.8, 4) is 0 Å². The summed E-state index contributed by atoms with van der Waals surface area (Å²) in [5, 5.41) is 3.98. The van der Waals surface area contributed by atoms with Gasteiger partial charge in [0.15, 0.2) is 11.6 Å². The predicted molar refractivity (Wildman–Crippen MR) is 73.8 cm³/mol. The van der Waals surface area contributed by atoms with Crippen LogP contribution in [0.25, 0.3) is 0 Å². The third-order valence-corrected chi connectivity index (χ3v) is 3.66. The molecular formula is C15H19N3O2. The Bertz CT molecular complexity index is 625. The summed E-state index contributed by atoms with van der Waals surface area (Å²) in [4.78, 5) is 16.4. The van der Waals surface area contributed by atoms with E-state index in [0.29, 0.717) is 24.7 Å². The molecule has 0 amide bonds. The highest BCUT2D eigenvalue weighted by atomic mass is 16.5. The summed E-state index contributed by atoms with van der Waals surface area (Å²) < 4.78 is 7.19. The van der Waals surface area contributed by atoms with E-state index in [-0.39, 0.29) is 11.7 Å². The lowest BCUT2D eigenvalue weighted by Gasteiger charge is -1.98. The van der Waals surface area contributed by atoms with Crippen LogP contribution in [0.5, 0.6) is 0 Å². The van der Waals surface area contributed by atoms with Gasteiger partial charge >= 0.3 is 0 Å². The van der Waals surface area contributed by atoms with Crippen molar-refractivity contribution in [2.75, 3.05) is 0 Å². The van der Waals surface area contributed by atoms with Crippen LogP contribution in [0.3, 0.4) is 0 Å². The fraction of sp³-hybridized carbons (Fsp3) is 0.533. The summed E-state index contributed by atoms with van der Waals surface area (Å²) in [6, 6.07) is 0. The molecule has 20 heavy (non-hydrogen) atoms. The van der Waals surface area contributed by atoms with Gasteiger partial charge in [-0.2, -0.15) is 4.98 Å². The number of fused-ring (bicyclic) bond motifs is 1. The van der Waals surface area contributed by atoms with E-state index in [1.165, 1.54) is 0 Å². The molecular weight excluding hydrogens is 254 g/mol. The molecule has 0 bridgehead atoms. The molecule has 2 heterocycles. The van der Waals surface area contributed by atoms with Crippen LogP contribution in [0.4, 0.5) is 0 Å². The van der Waals surface area contributed by atoms with Crippen molar-refractivity contribution < 1.29 is 9.32 Å². The Kier molecular flexibility index (Phi) is 3.42. The van der Waals surface area contributed by atoms with Crippen molar-refractivity contribution in [3.63, 3.8) is 0 Å². The highest BCUT2D eigenvalue weighted by Crippen LogP contribution is 2.22. The van der Waals surface area contributed by atoms with Gasteiger partial charge in [0, 0.05) is 30.3 Å². The van der Waals surface area contributed by atoms with E-state index in [9.17, 15) is 4.79 Å². The van der Waals surface area contributed by atoms with E-state index in [4.69, 9.17) is 4.52 Å². The number of aryl methyl sites for hydroxylation is 1. The van der Waals surface area contributed by atoms with Crippen LogP contribution in [0.15, 0.2) is 16.9 Å². The average molecular weight is 273 g/mol. The first kappa shape index (κ1) is 13.1. The van der Waals surface area contributed by atoms with Crippen molar-refractivity contribution in [3.05, 3.63) is 35.2 Å². The molecule has 106 valence electrons. The number of carbonyl (C=O) groups excluding carboxylic acids is 1. The van der Waals surface area contributed by atoms with Crippen LogP contribution in [0.2, 0.25) is 0 Å². The first-order chi connectivity index (χ1) is 9.63. The summed E-state index contributed by atoms with van der Waals surface area (Å²) in [5.41, 5.74) is 2.02. The Balaban J connectivity index is 1.81. The Morgan fingerprint density at radius 2 is 2.10 bits per heavy atom.